The van der Waals surface area contributed by atoms with E-state index in [-0.39, 0.29) is 30.6 Å². The highest BCUT2D eigenvalue weighted by Crippen LogP contribution is 2.36. The van der Waals surface area contributed by atoms with Crippen molar-refractivity contribution in [2.75, 3.05) is 33.5 Å². The first-order chi connectivity index (χ1) is 11.2. The lowest BCUT2D eigenvalue weighted by Gasteiger charge is -2.29. The smallest absolute Gasteiger partial charge is 0.249 e. The zero-order valence-electron chi connectivity index (χ0n) is 15.0. The van der Waals surface area contributed by atoms with Gasteiger partial charge in [-0.05, 0) is 27.7 Å². The molecule has 0 spiro atoms. The maximum absolute atomic E-state index is 12.6. The summed E-state index contributed by atoms with van der Waals surface area (Å²) in [5, 5.41) is 2.86. The molecule has 0 aromatic heterocycles. The van der Waals surface area contributed by atoms with Crippen LogP contribution in [0.4, 0.5) is 0 Å². The van der Waals surface area contributed by atoms with Crippen LogP contribution >= 0.6 is 0 Å². The van der Waals surface area contributed by atoms with E-state index in [1.165, 1.54) is 4.90 Å². The van der Waals surface area contributed by atoms with Crippen LogP contribution in [0, 0.1) is 0 Å². The third-order valence-electron chi connectivity index (χ3n) is 3.92. The third-order valence-corrected chi connectivity index (χ3v) is 3.92. The van der Waals surface area contributed by atoms with Gasteiger partial charge >= 0.3 is 0 Å². The third kappa shape index (κ3) is 4.44. The highest BCUT2D eigenvalue weighted by molar-refractivity contribution is 5.89. The van der Waals surface area contributed by atoms with Gasteiger partial charge in [0, 0.05) is 13.2 Å². The van der Waals surface area contributed by atoms with Gasteiger partial charge in [0.2, 0.25) is 11.8 Å². The lowest BCUT2D eigenvalue weighted by atomic mass is 10.1. The zero-order valence-corrected chi connectivity index (χ0v) is 15.0. The first kappa shape index (κ1) is 19.1. The normalized spacial score (nSPS) is 28.2. The second-order valence-corrected chi connectivity index (χ2v) is 6.84. The zero-order chi connectivity index (χ0) is 17.9. The number of methoxy groups -OCH3 is 1. The van der Waals surface area contributed by atoms with E-state index in [0.29, 0.717) is 19.8 Å². The minimum absolute atomic E-state index is 0.0261. The highest BCUT2D eigenvalue weighted by Gasteiger charge is 2.56. The molecule has 0 bridgehead atoms. The van der Waals surface area contributed by atoms with E-state index in [2.05, 4.69) is 5.32 Å². The van der Waals surface area contributed by atoms with Crippen molar-refractivity contribution in [3.8, 4) is 0 Å². The van der Waals surface area contributed by atoms with Crippen LogP contribution in [0.2, 0.25) is 0 Å². The van der Waals surface area contributed by atoms with Gasteiger partial charge in [0.25, 0.3) is 0 Å². The summed E-state index contributed by atoms with van der Waals surface area (Å²) >= 11 is 0. The van der Waals surface area contributed by atoms with Gasteiger partial charge in [0.1, 0.15) is 24.9 Å². The van der Waals surface area contributed by atoms with E-state index in [9.17, 15) is 9.59 Å². The maximum atomic E-state index is 12.6. The maximum Gasteiger partial charge on any atom is 0.249 e. The van der Waals surface area contributed by atoms with Crippen LogP contribution in [0.3, 0.4) is 0 Å². The summed E-state index contributed by atoms with van der Waals surface area (Å²) < 4.78 is 21.9. The lowest BCUT2D eigenvalue weighted by molar-refractivity contribution is -0.171. The molecule has 2 heterocycles. The number of nitrogens with one attached hydrogen (secondary N) is 1. The van der Waals surface area contributed by atoms with Gasteiger partial charge in [-0.2, -0.15) is 0 Å². The molecule has 2 saturated heterocycles. The van der Waals surface area contributed by atoms with Crippen molar-refractivity contribution in [1.29, 1.82) is 0 Å². The van der Waals surface area contributed by atoms with E-state index in [1.54, 1.807) is 7.11 Å². The molecule has 0 aromatic rings. The molecule has 2 aliphatic heterocycles. The SMILES string of the molecule is COCCOCC(=O)N1C[C@@H]2OC(C)(C)O[C@@H]2[C@H]1C(=O)NC(C)C. The van der Waals surface area contributed by atoms with Crippen LogP contribution in [0.5, 0.6) is 0 Å². The van der Waals surface area contributed by atoms with Crippen LogP contribution in [0.25, 0.3) is 0 Å². The second-order valence-electron chi connectivity index (χ2n) is 6.84. The predicted molar refractivity (Wildman–Crippen MR) is 85.3 cm³/mol. The Bertz CT molecular complexity index is 467. The number of fused-ring (bicyclic) bond motifs is 1. The number of hydrogen-bond acceptors (Lipinski definition) is 6. The lowest BCUT2D eigenvalue weighted by Crippen LogP contribution is -2.53. The molecule has 0 saturated carbocycles. The molecule has 0 unspecified atom stereocenters. The molecule has 8 nitrogen and oxygen atoms in total. The van der Waals surface area contributed by atoms with Gasteiger partial charge in [-0.3, -0.25) is 9.59 Å². The fourth-order valence-electron chi connectivity index (χ4n) is 3.06. The van der Waals surface area contributed by atoms with Crippen molar-refractivity contribution in [3.05, 3.63) is 0 Å². The first-order valence-electron chi connectivity index (χ1n) is 8.27. The molecule has 138 valence electrons. The summed E-state index contributed by atoms with van der Waals surface area (Å²) in [5.74, 6) is -1.24. The van der Waals surface area contributed by atoms with Crippen molar-refractivity contribution in [2.45, 2.75) is 57.8 Å². The van der Waals surface area contributed by atoms with Gasteiger partial charge < -0.3 is 29.2 Å². The van der Waals surface area contributed by atoms with E-state index in [4.69, 9.17) is 18.9 Å². The molecule has 2 rings (SSSR count). The average Bonchev–Trinajstić information content (AvgIpc) is 2.94. The van der Waals surface area contributed by atoms with Gasteiger partial charge in [0.15, 0.2) is 5.79 Å². The number of carbonyl (C=O) groups is 2. The molecule has 0 aromatic carbocycles. The standard InChI is InChI=1S/C16H28N2O6/c1-10(2)17-15(20)13-14-11(23-16(3,4)24-14)8-18(13)12(19)9-22-7-6-21-5/h10-11,13-14H,6-9H2,1-5H3,(H,17,20)/t11-,13-,14-/m0/s1. The number of nitrogens with zero attached hydrogens (tertiary/aromatic N) is 1. The van der Waals surface area contributed by atoms with Crippen molar-refractivity contribution >= 4 is 11.8 Å². The summed E-state index contributed by atoms with van der Waals surface area (Å²) in [6, 6.07) is -0.737. The Balaban J connectivity index is 2.06. The Labute approximate surface area is 142 Å². The average molecular weight is 344 g/mol. The molecule has 8 heteroatoms. The molecule has 0 aliphatic carbocycles. The summed E-state index contributed by atoms with van der Waals surface area (Å²) in [6.45, 7) is 8.32. The van der Waals surface area contributed by atoms with Crippen LogP contribution < -0.4 is 5.32 Å². The topological polar surface area (TPSA) is 86.3 Å². The fraction of sp³-hybridized carbons (Fsp3) is 0.875. The van der Waals surface area contributed by atoms with Gasteiger partial charge in [-0.25, -0.2) is 0 Å². The van der Waals surface area contributed by atoms with E-state index in [1.807, 2.05) is 27.7 Å². The van der Waals surface area contributed by atoms with Crippen LogP contribution in [-0.4, -0.2) is 80.3 Å². The Morgan fingerprint density at radius 2 is 2.00 bits per heavy atom. The number of carbonyl (C=O) groups excluding carboxylic acids is 2. The number of likely N-dealkylation sites (tertiary alicyclic amines) is 1. The van der Waals surface area contributed by atoms with E-state index >= 15 is 0 Å². The van der Waals surface area contributed by atoms with Crippen molar-refractivity contribution in [3.63, 3.8) is 0 Å². The largest absolute Gasteiger partial charge is 0.382 e. The number of hydrogen-bond donors (Lipinski definition) is 1. The molecule has 2 fully saturated rings. The monoisotopic (exact) mass is 344 g/mol. The molecular weight excluding hydrogens is 316 g/mol. The quantitative estimate of drug-likeness (QED) is 0.650. The molecule has 1 N–H and O–H groups in total. The summed E-state index contributed by atoms with van der Waals surface area (Å²) in [7, 11) is 1.57. The van der Waals surface area contributed by atoms with Gasteiger partial charge in [0.05, 0.1) is 19.8 Å². The van der Waals surface area contributed by atoms with E-state index < -0.39 is 17.9 Å². The van der Waals surface area contributed by atoms with Crippen molar-refractivity contribution in [2.24, 2.45) is 0 Å². The Kier molecular flexibility index (Phi) is 6.19. The van der Waals surface area contributed by atoms with Crippen molar-refractivity contribution in [1.82, 2.24) is 10.2 Å². The highest BCUT2D eigenvalue weighted by atomic mass is 16.8. The molecule has 24 heavy (non-hydrogen) atoms. The fourth-order valence-corrected chi connectivity index (χ4v) is 3.06. The predicted octanol–water partition coefficient (Wildman–Crippen LogP) is -0.0951. The summed E-state index contributed by atoms with van der Waals surface area (Å²) in [4.78, 5) is 26.6. The molecule has 2 aliphatic rings. The summed E-state index contributed by atoms with van der Waals surface area (Å²) in [6.07, 6.45) is -0.785. The van der Waals surface area contributed by atoms with Crippen LogP contribution in [0.15, 0.2) is 0 Å². The van der Waals surface area contributed by atoms with Crippen LogP contribution in [0.1, 0.15) is 27.7 Å². The van der Waals surface area contributed by atoms with Crippen LogP contribution in [-0.2, 0) is 28.5 Å². The molecular formula is C16H28N2O6. The van der Waals surface area contributed by atoms with E-state index in [0.717, 1.165) is 0 Å². The Morgan fingerprint density at radius 3 is 2.62 bits per heavy atom. The number of rotatable bonds is 7. The Hall–Kier alpha value is -1.22. The van der Waals surface area contributed by atoms with Gasteiger partial charge in [-0.1, -0.05) is 0 Å². The van der Waals surface area contributed by atoms with Gasteiger partial charge in [-0.15, -0.1) is 0 Å². The molecule has 2 amide bonds. The van der Waals surface area contributed by atoms with Crippen molar-refractivity contribution < 1.29 is 28.5 Å². The minimum Gasteiger partial charge on any atom is -0.382 e. The number of ether oxygens (including phenoxy) is 4. The minimum atomic E-state index is -0.754. The number of amides is 2. The molecule has 0 radical (unpaired) electrons. The summed E-state index contributed by atoms with van der Waals surface area (Å²) in [5.41, 5.74) is 0. The Morgan fingerprint density at radius 1 is 1.29 bits per heavy atom. The first-order valence-corrected chi connectivity index (χ1v) is 8.27. The second kappa shape index (κ2) is 7.77. The molecule has 3 atom stereocenters.